The van der Waals surface area contributed by atoms with Gasteiger partial charge >= 0.3 is 0 Å². The van der Waals surface area contributed by atoms with Crippen molar-refractivity contribution in [2.45, 2.75) is 37.8 Å². The second kappa shape index (κ2) is 6.65. The van der Waals surface area contributed by atoms with Crippen LogP contribution in [-0.2, 0) is 11.4 Å². The van der Waals surface area contributed by atoms with Gasteiger partial charge in [-0.25, -0.2) is 5.43 Å². The minimum Gasteiger partial charge on any atom is -0.489 e. The largest absolute Gasteiger partial charge is 0.489 e. The molecule has 24 heavy (non-hydrogen) atoms. The maximum atomic E-state index is 11.6. The fourth-order valence-corrected chi connectivity index (χ4v) is 2.89. The summed E-state index contributed by atoms with van der Waals surface area (Å²) in [6.45, 7) is 0.584. The molecule has 2 saturated carbocycles. The number of amides is 1. The maximum absolute atomic E-state index is 11.6. The molecule has 2 aromatic carbocycles. The maximum Gasteiger partial charge on any atom is 0.237 e. The van der Waals surface area contributed by atoms with E-state index in [-0.39, 0.29) is 11.8 Å². The highest BCUT2D eigenvalue weighted by Gasteiger charge is 2.39. The van der Waals surface area contributed by atoms with Crippen LogP contribution in [0.3, 0.4) is 0 Å². The fraction of sp³-hybridized carbons (Fsp3) is 0.350. The summed E-state index contributed by atoms with van der Waals surface area (Å²) >= 11 is 0. The van der Waals surface area contributed by atoms with E-state index >= 15 is 0 Å². The van der Waals surface area contributed by atoms with E-state index in [0.29, 0.717) is 18.6 Å². The first kappa shape index (κ1) is 15.2. The van der Waals surface area contributed by atoms with Crippen molar-refractivity contribution >= 4 is 5.91 Å². The number of nitrogens with one attached hydrogen (secondary N) is 2. The Bertz CT molecular complexity index is 695. The first-order chi connectivity index (χ1) is 11.8. The Morgan fingerprint density at radius 1 is 1.04 bits per heavy atom. The van der Waals surface area contributed by atoms with Crippen LogP contribution in [0.1, 0.15) is 36.3 Å². The number of hydrazine groups is 1. The van der Waals surface area contributed by atoms with E-state index in [4.69, 9.17) is 4.74 Å². The summed E-state index contributed by atoms with van der Waals surface area (Å²) in [7, 11) is 0. The van der Waals surface area contributed by atoms with Crippen LogP contribution < -0.4 is 15.6 Å². The molecule has 2 aliphatic rings. The second-order valence-electron chi connectivity index (χ2n) is 6.70. The van der Waals surface area contributed by atoms with Gasteiger partial charge in [-0.1, -0.05) is 42.5 Å². The molecule has 0 unspecified atom stereocenters. The van der Waals surface area contributed by atoms with Gasteiger partial charge in [-0.05, 0) is 42.5 Å². The summed E-state index contributed by atoms with van der Waals surface area (Å²) < 4.78 is 5.81. The van der Waals surface area contributed by atoms with E-state index in [1.54, 1.807) is 0 Å². The fourth-order valence-electron chi connectivity index (χ4n) is 2.89. The van der Waals surface area contributed by atoms with Gasteiger partial charge in [0.15, 0.2) is 0 Å². The van der Waals surface area contributed by atoms with Crippen molar-refractivity contribution in [2.24, 2.45) is 5.92 Å². The van der Waals surface area contributed by atoms with E-state index in [2.05, 4.69) is 35.1 Å². The topological polar surface area (TPSA) is 50.4 Å². The Morgan fingerprint density at radius 2 is 1.79 bits per heavy atom. The molecule has 0 saturated heterocycles. The molecule has 0 aromatic heterocycles. The number of hydrogen-bond donors (Lipinski definition) is 2. The summed E-state index contributed by atoms with van der Waals surface area (Å²) in [5.41, 5.74) is 8.46. The molecule has 0 spiro atoms. The van der Waals surface area contributed by atoms with Gasteiger partial charge in [0.05, 0.1) is 0 Å². The van der Waals surface area contributed by atoms with E-state index in [1.807, 2.05) is 30.3 Å². The van der Waals surface area contributed by atoms with Crippen molar-refractivity contribution in [3.05, 3.63) is 65.7 Å². The lowest BCUT2D eigenvalue weighted by atomic mass is 10.1. The lowest BCUT2D eigenvalue weighted by molar-refractivity contribution is -0.123. The average molecular weight is 322 g/mol. The van der Waals surface area contributed by atoms with Gasteiger partial charge in [-0.3, -0.25) is 10.2 Å². The van der Waals surface area contributed by atoms with Gasteiger partial charge in [0, 0.05) is 17.9 Å². The van der Waals surface area contributed by atoms with E-state index in [1.165, 1.54) is 11.1 Å². The Kier molecular flexibility index (Phi) is 4.22. The normalized spacial score (nSPS) is 22.0. The molecule has 2 fully saturated rings. The van der Waals surface area contributed by atoms with Gasteiger partial charge in [0.25, 0.3) is 0 Å². The van der Waals surface area contributed by atoms with Crippen LogP contribution in [0.2, 0.25) is 0 Å². The number of benzene rings is 2. The van der Waals surface area contributed by atoms with E-state index in [9.17, 15) is 4.79 Å². The third-order valence-electron chi connectivity index (χ3n) is 4.68. The molecule has 124 valence electrons. The zero-order valence-electron chi connectivity index (χ0n) is 13.6. The third kappa shape index (κ3) is 3.77. The van der Waals surface area contributed by atoms with Crippen LogP contribution in [-0.4, -0.2) is 11.9 Å². The molecule has 2 atom stereocenters. The molecule has 2 N–H and O–H groups in total. The van der Waals surface area contributed by atoms with Gasteiger partial charge in [0.1, 0.15) is 12.4 Å². The number of ether oxygens (including phenoxy) is 1. The Balaban J connectivity index is 1.25. The quantitative estimate of drug-likeness (QED) is 0.770. The van der Waals surface area contributed by atoms with Crippen molar-refractivity contribution < 1.29 is 9.53 Å². The molecule has 1 amide bonds. The zero-order valence-corrected chi connectivity index (χ0v) is 13.6. The predicted molar refractivity (Wildman–Crippen MR) is 92.4 cm³/mol. The number of rotatable bonds is 7. The minimum atomic E-state index is 0.144. The van der Waals surface area contributed by atoms with Gasteiger partial charge in [-0.2, -0.15) is 0 Å². The van der Waals surface area contributed by atoms with Crippen molar-refractivity contribution in [3.63, 3.8) is 0 Å². The first-order valence-corrected chi connectivity index (χ1v) is 8.61. The van der Waals surface area contributed by atoms with E-state index in [0.717, 1.165) is 25.0 Å². The molecule has 2 aliphatic carbocycles. The van der Waals surface area contributed by atoms with Crippen molar-refractivity contribution in [3.8, 4) is 5.75 Å². The van der Waals surface area contributed by atoms with Crippen molar-refractivity contribution in [1.82, 2.24) is 10.9 Å². The number of carbonyl (C=O) groups excluding carboxylic acids is 1. The molecule has 4 heteroatoms. The summed E-state index contributed by atoms with van der Waals surface area (Å²) in [6.07, 6.45) is 3.13. The molecule has 0 heterocycles. The van der Waals surface area contributed by atoms with Crippen LogP contribution in [0, 0.1) is 5.92 Å². The molecular formula is C20H22N2O2. The highest BCUT2D eigenvalue weighted by atomic mass is 16.5. The predicted octanol–water partition coefficient (Wildman–Crippen LogP) is 3.15. The van der Waals surface area contributed by atoms with Gasteiger partial charge in [-0.15, -0.1) is 0 Å². The van der Waals surface area contributed by atoms with Crippen LogP contribution in [0.5, 0.6) is 5.75 Å². The highest BCUT2D eigenvalue weighted by Crippen LogP contribution is 2.41. The summed E-state index contributed by atoms with van der Waals surface area (Å²) in [5, 5.41) is 0. The lowest BCUT2D eigenvalue weighted by Crippen LogP contribution is -2.40. The monoisotopic (exact) mass is 322 g/mol. The molecule has 0 radical (unpaired) electrons. The summed E-state index contributed by atoms with van der Waals surface area (Å²) in [5.74, 6) is 1.75. The molecule has 4 rings (SSSR count). The average Bonchev–Trinajstić information content (AvgIpc) is 3.53. The minimum absolute atomic E-state index is 0.144. The zero-order chi connectivity index (χ0) is 16.4. The van der Waals surface area contributed by atoms with Crippen LogP contribution in [0.15, 0.2) is 54.6 Å². The molecule has 0 aliphatic heterocycles. The second-order valence-corrected chi connectivity index (χ2v) is 6.70. The van der Waals surface area contributed by atoms with Crippen molar-refractivity contribution in [2.75, 3.05) is 0 Å². The first-order valence-electron chi connectivity index (χ1n) is 8.61. The molecule has 0 bridgehead atoms. The Labute approximate surface area is 142 Å². The molecule has 2 aromatic rings. The summed E-state index contributed by atoms with van der Waals surface area (Å²) in [4.78, 5) is 11.6. The van der Waals surface area contributed by atoms with Crippen LogP contribution in [0.4, 0.5) is 0 Å². The molecular weight excluding hydrogens is 300 g/mol. The van der Waals surface area contributed by atoms with Crippen molar-refractivity contribution in [1.29, 1.82) is 0 Å². The molecule has 4 nitrogen and oxygen atoms in total. The SMILES string of the molecule is O=C(NN[C@@H]1C[C@H]1c1ccc(OCc2ccccc2)cc1)C1CC1. The van der Waals surface area contributed by atoms with Gasteiger partial charge < -0.3 is 4.74 Å². The standard InChI is InChI=1S/C20H22N2O2/c23-20(16-6-7-16)22-21-19-12-18(19)15-8-10-17(11-9-15)24-13-14-4-2-1-3-5-14/h1-5,8-11,16,18-19,21H,6-7,12-13H2,(H,22,23)/t18-,19+/m0/s1. The van der Waals surface area contributed by atoms with Crippen LogP contribution in [0.25, 0.3) is 0 Å². The third-order valence-corrected chi connectivity index (χ3v) is 4.68. The van der Waals surface area contributed by atoms with Gasteiger partial charge in [0.2, 0.25) is 5.91 Å². The summed E-state index contributed by atoms with van der Waals surface area (Å²) in [6, 6.07) is 18.8. The van der Waals surface area contributed by atoms with Crippen LogP contribution >= 0.6 is 0 Å². The van der Waals surface area contributed by atoms with E-state index < -0.39 is 0 Å². The number of carbonyl (C=O) groups is 1. The Hall–Kier alpha value is -2.33. The smallest absolute Gasteiger partial charge is 0.237 e. The number of hydrogen-bond acceptors (Lipinski definition) is 3. The Morgan fingerprint density at radius 3 is 2.50 bits per heavy atom. The highest BCUT2D eigenvalue weighted by molar-refractivity contribution is 5.80. The lowest BCUT2D eigenvalue weighted by Gasteiger charge is -2.08.